The highest BCUT2D eigenvalue weighted by molar-refractivity contribution is 9.10. The number of rotatable bonds is 18. The number of carboxylic acid groups (broad SMARTS) is 1. The van der Waals surface area contributed by atoms with Crippen LogP contribution in [0.15, 0.2) is 83.6 Å². The van der Waals surface area contributed by atoms with Gasteiger partial charge in [0.2, 0.25) is 0 Å². The Morgan fingerprint density at radius 2 is 1.04 bits per heavy atom. The third-order valence-electron chi connectivity index (χ3n) is 13.7. The smallest absolute Gasteiger partial charge is 0.335 e. The number of fused-ring (bicyclic) bond motifs is 2. The van der Waals surface area contributed by atoms with Crippen LogP contribution in [0.3, 0.4) is 0 Å². The molecule has 9 rings (SSSR count). The average Bonchev–Trinajstić information content (AvgIpc) is 4.07. The van der Waals surface area contributed by atoms with E-state index in [0.717, 1.165) is 117 Å². The molecule has 0 atom stereocenters. The normalized spacial score (nSPS) is 14.0. The Hall–Kier alpha value is -7.22. The number of aromatic nitrogens is 6. The zero-order valence-corrected chi connectivity index (χ0v) is 44.8. The molecule has 0 aliphatic carbocycles. The lowest BCUT2D eigenvalue weighted by molar-refractivity contribution is 0.0696. The maximum absolute atomic E-state index is 13.3. The van der Waals surface area contributed by atoms with E-state index < -0.39 is 5.97 Å². The minimum absolute atomic E-state index is 0.0776. The summed E-state index contributed by atoms with van der Waals surface area (Å²) in [7, 11) is 0. The molecular formula is C56H66BrN11O7. The molecule has 0 spiro atoms. The first-order chi connectivity index (χ1) is 36.4. The number of aromatic carboxylic acids is 1. The second kappa shape index (κ2) is 25.3. The molecule has 2 aliphatic heterocycles. The van der Waals surface area contributed by atoms with Crippen LogP contribution >= 0.6 is 15.9 Å². The molecule has 75 heavy (non-hydrogen) atoms. The van der Waals surface area contributed by atoms with Gasteiger partial charge in [0.15, 0.2) is 11.3 Å². The lowest BCUT2D eigenvalue weighted by atomic mass is 10.0. The van der Waals surface area contributed by atoms with Crippen molar-refractivity contribution < 1.29 is 33.8 Å². The molecule has 0 saturated carbocycles. The third kappa shape index (κ3) is 13.0. The van der Waals surface area contributed by atoms with Gasteiger partial charge in [-0.15, -0.1) is 0 Å². The molecule has 0 bridgehead atoms. The quantitative estimate of drug-likeness (QED) is 0.0473. The molecule has 2 aliphatic rings. The van der Waals surface area contributed by atoms with Gasteiger partial charge < -0.3 is 41.2 Å². The number of ether oxygens (including phenoxy) is 2. The maximum atomic E-state index is 13.3. The van der Waals surface area contributed by atoms with Gasteiger partial charge in [-0.2, -0.15) is 10.2 Å². The fraction of sp³-hybridized carbons (Fsp3) is 0.393. The van der Waals surface area contributed by atoms with E-state index in [1.807, 2.05) is 60.7 Å². The molecule has 3 amide bonds. The molecular weight excluding hydrogens is 1020 g/mol. The molecule has 4 aromatic heterocycles. The zero-order valence-electron chi connectivity index (χ0n) is 43.2. The van der Waals surface area contributed by atoms with Crippen LogP contribution < -0.4 is 26.6 Å². The summed E-state index contributed by atoms with van der Waals surface area (Å²) in [6, 6.07) is 19.3. The standard InChI is InChI=1S/C32H37BrN6O3.C24H29N5O4/c1-4-28-25(29(37-24-11-13-42-14-12-24)26-19-36-39(5-2)30(26)38-28)18-35-32(41)23-8-6-7-22(16-23)31(40)34-17-21-10-9-20(3)27(33)15-21;1-3-20-18(13-25-23(30)15-6-5-7-16(12-15)24(31)32)21(27-17-8-10-33-11-9-17)19-14-26-29(4-2)22(19)28-20/h6-10,15-16,19,24H,4-5,11-14,17-18H2,1-3H3,(H,34,40)(H,35,41)(H,37,38);5-7,12,14,17H,3-4,8-11,13H2,1-2H3,(H,25,30)(H,27,28)(H,31,32). The number of carbonyl (C=O) groups excluding carboxylic acids is 3. The fourth-order valence-electron chi connectivity index (χ4n) is 9.37. The Morgan fingerprint density at radius 1 is 0.613 bits per heavy atom. The van der Waals surface area contributed by atoms with Crippen LogP contribution in [0.5, 0.6) is 0 Å². The Balaban J connectivity index is 0.000000205. The second-order valence-corrected chi connectivity index (χ2v) is 19.4. The van der Waals surface area contributed by atoms with Gasteiger partial charge in [-0.25, -0.2) is 24.1 Å². The first kappa shape index (κ1) is 54.1. The molecule has 6 heterocycles. The Bertz CT molecular complexity index is 3180. The number of pyridine rings is 2. The van der Waals surface area contributed by atoms with E-state index >= 15 is 0 Å². The first-order valence-corrected chi connectivity index (χ1v) is 26.6. The Labute approximate surface area is 444 Å². The highest BCUT2D eigenvalue weighted by atomic mass is 79.9. The van der Waals surface area contributed by atoms with E-state index in [9.17, 15) is 24.3 Å². The number of nitrogens with one attached hydrogen (secondary N) is 5. The van der Waals surface area contributed by atoms with Gasteiger partial charge in [0.1, 0.15) is 0 Å². The zero-order chi connectivity index (χ0) is 53.0. The van der Waals surface area contributed by atoms with Crippen LogP contribution in [-0.4, -0.2) is 96.8 Å². The third-order valence-corrected chi connectivity index (χ3v) is 14.5. The summed E-state index contributed by atoms with van der Waals surface area (Å²) in [5.74, 6) is -1.89. The summed E-state index contributed by atoms with van der Waals surface area (Å²) >= 11 is 3.53. The van der Waals surface area contributed by atoms with E-state index in [4.69, 9.17) is 19.4 Å². The van der Waals surface area contributed by atoms with E-state index in [1.54, 1.807) is 36.4 Å². The molecule has 2 saturated heterocycles. The van der Waals surface area contributed by atoms with Crippen molar-refractivity contribution in [3.63, 3.8) is 0 Å². The maximum Gasteiger partial charge on any atom is 0.335 e. The predicted octanol–water partition coefficient (Wildman–Crippen LogP) is 8.77. The number of anilines is 2. The summed E-state index contributed by atoms with van der Waals surface area (Å²) < 4.78 is 15.9. The molecule has 0 unspecified atom stereocenters. The molecule has 3 aromatic carbocycles. The van der Waals surface area contributed by atoms with Crippen LogP contribution in [0.2, 0.25) is 0 Å². The van der Waals surface area contributed by atoms with Crippen LogP contribution in [0.25, 0.3) is 22.1 Å². The second-order valence-electron chi connectivity index (χ2n) is 18.6. The minimum Gasteiger partial charge on any atom is -0.478 e. The van der Waals surface area contributed by atoms with E-state index in [0.29, 0.717) is 62.4 Å². The van der Waals surface area contributed by atoms with Crippen LogP contribution in [-0.2, 0) is 55.0 Å². The largest absolute Gasteiger partial charge is 0.478 e. The van der Waals surface area contributed by atoms with E-state index in [-0.39, 0.29) is 41.9 Å². The number of carboxylic acids is 1. The van der Waals surface area contributed by atoms with Crippen LogP contribution in [0, 0.1) is 6.92 Å². The number of amides is 3. The SMILES string of the molecule is CCc1nc2c(cnn2CC)c(NC2CCOCC2)c1CNC(=O)c1cccc(C(=O)NCc2ccc(C)c(Br)c2)c1.CCc1nc2c(cnn2CC)c(NC2CCOCC2)c1CNC(=O)c1cccc(C(=O)O)c1. The highest BCUT2D eigenvalue weighted by Crippen LogP contribution is 2.33. The number of benzene rings is 3. The fourth-order valence-corrected chi connectivity index (χ4v) is 9.79. The molecule has 18 nitrogen and oxygen atoms in total. The summed E-state index contributed by atoms with van der Waals surface area (Å²) in [5.41, 5.74) is 10.6. The topological polar surface area (TPSA) is 229 Å². The monoisotopic (exact) mass is 1080 g/mol. The Kier molecular flexibility index (Phi) is 18.3. The van der Waals surface area contributed by atoms with Gasteiger partial charge in [-0.05, 0) is 113 Å². The molecule has 19 heteroatoms. The summed E-state index contributed by atoms with van der Waals surface area (Å²) in [6.45, 7) is 15.5. The lowest BCUT2D eigenvalue weighted by Gasteiger charge is -2.26. The number of nitrogens with zero attached hydrogens (tertiary/aromatic N) is 6. The van der Waals surface area contributed by atoms with Crippen molar-refractivity contribution in [2.24, 2.45) is 0 Å². The van der Waals surface area contributed by atoms with Crippen molar-refractivity contribution in [1.82, 2.24) is 45.5 Å². The molecule has 0 radical (unpaired) electrons. The average molecular weight is 1090 g/mol. The minimum atomic E-state index is -1.07. The van der Waals surface area contributed by atoms with Crippen molar-refractivity contribution in [3.8, 4) is 0 Å². The van der Waals surface area contributed by atoms with E-state index in [2.05, 4.69) is 66.6 Å². The molecule has 7 aromatic rings. The molecule has 2 fully saturated rings. The van der Waals surface area contributed by atoms with Crippen LogP contribution in [0.4, 0.5) is 11.4 Å². The van der Waals surface area contributed by atoms with Gasteiger partial charge in [-0.3, -0.25) is 14.4 Å². The first-order valence-electron chi connectivity index (χ1n) is 25.8. The van der Waals surface area contributed by atoms with Gasteiger partial charge in [0.25, 0.3) is 17.7 Å². The van der Waals surface area contributed by atoms with Crippen molar-refractivity contribution in [3.05, 3.63) is 139 Å². The summed E-state index contributed by atoms with van der Waals surface area (Å²) in [5, 5.41) is 36.6. The van der Waals surface area contributed by atoms with E-state index in [1.165, 1.54) is 12.1 Å². The number of hydrogen-bond donors (Lipinski definition) is 6. The number of carbonyl (C=O) groups is 4. The molecule has 394 valence electrons. The predicted molar refractivity (Wildman–Crippen MR) is 292 cm³/mol. The Morgan fingerprint density at radius 3 is 1.45 bits per heavy atom. The number of aryl methyl sites for hydroxylation is 5. The summed E-state index contributed by atoms with van der Waals surface area (Å²) in [6.07, 6.45) is 8.73. The van der Waals surface area contributed by atoms with Crippen molar-refractivity contribution in [2.75, 3.05) is 37.1 Å². The van der Waals surface area contributed by atoms with Gasteiger partial charge in [-0.1, -0.05) is 54.0 Å². The van der Waals surface area contributed by atoms with Gasteiger partial charge in [0.05, 0.1) is 40.1 Å². The summed E-state index contributed by atoms with van der Waals surface area (Å²) in [4.78, 5) is 60.2. The van der Waals surface area contributed by atoms with Crippen LogP contribution in [0.1, 0.15) is 128 Å². The van der Waals surface area contributed by atoms with Crippen molar-refractivity contribution in [1.29, 1.82) is 0 Å². The van der Waals surface area contributed by atoms with Gasteiger partial charge in [0, 0.05) is 115 Å². The lowest BCUT2D eigenvalue weighted by Crippen LogP contribution is -2.30. The van der Waals surface area contributed by atoms with Gasteiger partial charge >= 0.3 is 5.97 Å². The molecule has 6 N–H and O–H groups in total. The highest BCUT2D eigenvalue weighted by Gasteiger charge is 2.25. The van der Waals surface area contributed by atoms with Crippen molar-refractivity contribution >= 4 is 73.1 Å². The van der Waals surface area contributed by atoms with Crippen molar-refractivity contribution in [2.45, 2.75) is 118 Å². The number of hydrogen-bond acceptors (Lipinski definition) is 12. The number of halogens is 1.